The van der Waals surface area contributed by atoms with E-state index in [4.69, 9.17) is 6.42 Å². The highest BCUT2D eigenvalue weighted by Gasteiger charge is 2.20. The predicted octanol–water partition coefficient (Wildman–Crippen LogP) is 3.41. The summed E-state index contributed by atoms with van der Waals surface area (Å²) >= 11 is 8.09. The van der Waals surface area contributed by atoms with E-state index in [2.05, 4.69) is 43.1 Å². The fourth-order valence-corrected chi connectivity index (χ4v) is 3.68. The second kappa shape index (κ2) is 4.69. The summed E-state index contributed by atoms with van der Waals surface area (Å²) in [7, 11) is 0. The Labute approximate surface area is 110 Å². The summed E-state index contributed by atoms with van der Waals surface area (Å²) in [5, 5.41) is 2.76. The van der Waals surface area contributed by atoms with Crippen LogP contribution in [-0.2, 0) is 0 Å². The van der Waals surface area contributed by atoms with Crippen LogP contribution in [0.1, 0.15) is 24.2 Å². The Kier molecular flexibility index (Phi) is 3.99. The van der Waals surface area contributed by atoms with E-state index in [9.17, 15) is 4.79 Å². The Bertz CT molecular complexity index is 431. The smallest absolute Gasteiger partial charge is 0.254 e. The van der Waals surface area contributed by atoms with Crippen molar-refractivity contribution in [3.05, 3.63) is 19.2 Å². The number of hydrogen-bond donors (Lipinski definition) is 1. The highest BCUT2D eigenvalue weighted by atomic mass is 79.9. The van der Waals surface area contributed by atoms with Gasteiger partial charge in [-0.25, -0.2) is 0 Å². The minimum Gasteiger partial charge on any atom is -0.336 e. The summed E-state index contributed by atoms with van der Waals surface area (Å²) in [5.41, 5.74) is -0.0412. The molecule has 0 saturated heterocycles. The van der Waals surface area contributed by atoms with Crippen LogP contribution >= 0.6 is 43.2 Å². The van der Waals surface area contributed by atoms with Crippen molar-refractivity contribution in [3.63, 3.8) is 0 Å². The molecule has 0 aliphatic heterocycles. The summed E-state index contributed by atoms with van der Waals surface area (Å²) in [4.78, 5) is 11.8. The lowest BCUT2D eigenvalue weighted by Crippen LogP contribution is -2.42. The van der Waals surface area contributed by atoms with Crippen LogP contribution in [0.3, 0.4) is 0 Å². The van der Waals surface area contributed by atoms with Gasteiger partial charge < -0.3 is 5.32 Å². The molecular formula is C10H9Br2NOS. The zero-order valence-electron chi connectivity index (χ0n) is 8.23. The fraction of sp³-hybridized carbons (Fsp3) is 0.300. The first-order chi connectivity index (χ1) is 6.85. The maximum absolute atomic E-state index is 11.8. The highest BCUT2D eigenvalue weighted by Crippen LogP contribution is 2.31. The van der Waals surface area contributed by atoms with Crippen LogP contribution < -0.4 is 5.32 Å². The normalized spacial score (nSPS) is 10.9. The van der Waals surface area contributed by atoms with Crippen molar-refractivity contribution < 1.29 is 4.79 Å². The van der Waals surface area contributed by atoms with Gasteiger partial charge in [0, 0.05) is 0 Å². The monoisotopic (exact) mass is 349 g/mol. The molecule has 1 heterocycles. The number of rotatable bonds is 2. The third-order valence-corrected chi connectivity index (χ3v) is 4.03. The Morgan fingerprint density at radius 3 is 2.60 bits per heavy atom. The van der Waals surface area contributed by atoms with Gasteiger partial charge in [-0.2, -0.15) is 0 Å². The van der Waals surface area contributed by atoms with E-state index in [1.165, 1.54) is 11.3 Å². The van der Waals surface area contributed by atoms with E-state index >= 15 is 0 Å². The number of amides is 1. The van der Waals surface area contributed by atoms with Gasteiger partial charge in [0.15, 0.2) is 0 Å². The molecule has 0 atom stereocenters. The zero-order chi connectivity index (χ0) is 11.6. The van der Waals surface area contributed by atoms with E-state index in [0.717, 1.165) is 7.57 Å². The molecule has 1 aromatic heterocycles. The maximum atomic E-state index is 11.8. The predicted molar refractivity (Wildman–Crippen MR) is 70.1 cm³/mol. The minimum absolute atomic E-state index is 0.174. The van der Waals surface area contributed by atoms with Gasteiger partial charge in [-0.3, -0.25) is 4.79 Å². The number of terminal acetylenes is 1. The zero-order valence-corrected chi connectivity index (χ0v) is 12.2. The lowest BCUT2D eigenvalue weighted by atomic mass is 10.1. The largest absolute Gasteiger partial charge is 0.336 e. The van der Waals surface area contributed by atoms with Crippen molar-refractivity contribution in [2.45, 2.75) is 19.4 Å². The number of thiophene rings is 1. The second-order valence-electron chi connectivity index (χ2n) is 3.46. The van der Waals surface area contributed by atoms with Crippen molar-refractivity contribution in [1.82, 2.24) is 5.32 Å². The summed E-state index contributed by atoms with van der Waals surface area (Å²) in [6.07, 6.45) is 5.29. The first-order valence-electron chi connectivity index (χ1n) is 4.11. The third kappa shape index (κ3) is 3.33. The van der Waals surface area contributed by atoms with Crippen LogP contribution in [0.4, 0.5) is 0 Å². The molecule has 0 aromatic carbocycles. The van der Waals surface area contributed by atoms with Gasteiger partial charge in [0.1, 0.15) is 0 Å². The van der Waals surface area contributed by atoms with E-state index in [0.29, 0.717) is 5.56 Å². The molecule has 0 unspecified atom stereocenters. The average Bonchev–Trinajstić information content (AvgIpc) is 2.45. The maximum Gasteiger partial charge on any atom is 0.254 e. The number of carbonyl (C=O) groups is 1. The van der Waals surface area contributed by atoms with Crippen LogP contribution in [0.2, 0.25) is 0 Å². The molecule has 0 bridgehead atoms. The molecule has 15 heavy (non-hydrogen) atoms. The van der Waals surface area contributed by atoms with Crippen molar-refractivity contribution >= 4 is 49.1 Å². The number of nitrogens with one attached hydrogen (secondary N) is 1. The molecule has 0 spiro atoms. The van der Waals surface area contributed by atoms with Gasteiger partial charge >= 0.3 is 0 Å². The van der Waals surface area contributed by atoms with Gasteiger partial charge in [0.05, 0.1) is 18.7 Å². The van der Waals surface area contributed by atoms with Crippen molar-refractivity contribution in [2.24, 2.45) is 0 Å². The molecule has 0 aliphatic carbocycles. The Morgan fingerprint density at radius 2 is 2.20 bits per heavy atom. The first kappa shape index (κ1) is 12.8. The molecule has 1 aromatic rings. The van der Waals surface area contributed by atoms with Crippen LogP contribution in [0.25, 0.3) is 0 Å². The van der Waals surface area contributed by atoms with Gasteiger partial charge in [-0.05, 0) is 51.8 Å². The summed E-state index contributed by atoms with van der Waals surface area (Å²) in [6, 6.07) is 1.76. The van der Waals surface area contributed by atoms with Gasteiger partial charge in [0.2, 0.25) is 0 Å². The van der Waals surface area contributed by atoms with E-state index < -0.39 is 5.54 Å². The Balaban J connectivity index is 2.88. The average molecular weight is 351 g/mol. The van der Waals surface area contributed by atoms with Crippen molar-refractivity contribution in [2.75, 3.05) is 0 Å². The summed E-state index contributed by atoms with van der Waals surface area (Å²) < 4.78 is 1.69. The molecular weight excluding hydrogens is 342 g/mol. The fourth-order valence-electron chi connectivity index (χ4n) is 0.882. The Morgan fingerprint density at radius 1 is 1.60 bits per heavy atom. The number of hydrogen-bond acceptors (Lipinski definition) is 2. The minimum atomic E-state index is -0.634. The molecule has 1 amide bonds. The van der Waals surface area contributed by atoms with Crippen molar-refractivity contribution in [1.29, 1.82) is 0 Å². The summed E-state index contributed by atoms with van der Waals surface area (Å²) in [6.45, 7) is 3.56. The molecule has 1 rings (SSSR count). The molecule has 80 valence electrons. The molecule has 5 heteroatoms. The van der Waals surface area contributed by atoms with Gasteiger partial charge in [-0.15, -0.1) is 17.8 Å². The van der Waals surface area contributed by atoms with E-state index in [1.54, 1.807) is 19.9 Å². The number of carbonyl (C=O) groups excluding carboxylic acids is 1. The first-order valence-corrected chi connectivity index (χ1v) is 6.51. The molecule has 0 radical (unpaired) electrons. The molecule has 2 nitrogen and oxygen atoms in total. The van der Waals surface area contributed by atoms with Gasteiger partial charge in [-0.1, -0.05) is 5.92 Å². The number of halogens is 2. The lowest BCUT2D eigenvalue weighted by Gasteiger charge is -2.19. The quantitative estimate of drug-likeness (QED) is 0.813. The molecule has 0 saturated carbocycles. The summed E-state index contributed by atoms with van der Waals surface area (Å²) in [5.74, 6) is 2.34. The SMILES string of the molecule is C#CC(C)(C)NC(=O)c1cc(Br)sc1Br. The second-order valence-corrected chi connectivity index (χ2v) is 7.21. The van der Waals surface area contributed by atoms with Crippen LogP contribution in [0.5, 0.6) is 0 Å². The Hall–Kier alpha value is -0.310. The van der Waals surface area contributed by atoms with Crippen molar-refractivity contribution in [3.8, 4) is 12.3 Å². The third-order valence-electron chi connectivity index (χ3n) is 1.69. The molecule has 0 fully saturated rings. The van der Waals surface area contributed by atoms with Crippen LogP contribution in [0.15, 0.2) is 13.6 Å². The van der Waals surface area contributed by atoms with E-state index in [-0.39, 0.29) is 5.91 Å². The topological polar surface area (TPSA) is 29.1 Å². The molecule has 0 aliphatic rings. The standard InChI is InChI=1S/C10H9Br2NOS/c1-4-10(2,3)13-9(14)6-5-7(11)15-8(6)12/h1,5H,2-3H3,(H,13,14). The van der Waals surface area contributed by atoms with Crippen LogP contribution in [0, 0.1) is 12.3 Å². The van der Waals surface area contributed by atoms with Crippen LogP contribution in [-0.4, -0.2) is 11.4 Å². The highest BCUT2D eigenvalue weighted by molar-refractivity contribution is 9.12. The van der Waals surface area contributed by atoms with E-state index in [1.807, 2.05) is 0 Å². The van der Waals surface area contributed by atoms with Gasteiger partial charge in [0.25, 0.3) is 5.91 Å². The lowest BCUT2D eigenvalue weighted by molar-refractivity contribution is 0.0929. The molecule has 1 N–H and O–H groups in total.